The standard InChI is InChI=1S/C22H34O3/c1-14-19(4)8-7-15-18(2,3)22(23-11-12-24-22)10-9-20(15,5)16(19)13-17-21(14,6)25-17/h15-17H,1,7-13H2,2-6H3/t15-,16-,17-,19-,20-,21+/m1/s1. The van der Waals surface area contributed by atoms with Crippen LogP contribution in [0.3, 0.4) is 0 Å². The average Bonchev–Trinajstić information content (AvgIpc) is 3.00. The van der Waals surface area contributed by atoms with Crippen LogP contribution in [0.15, 0.2) is 12.2 Å². The maximum Gasteiger partial charge on any atom is 0.173 e. The molecule has 0 aromatic heterocycles. The summed E-state index contributed by atoms with van der Waals surface area (Å²) >= 11 is 0. The molecule has 25 heavy (non-hydrogen) atoms. The summed E-state index contributed by atoms with van der Waals surface area (Å²) in [6.07, 6.45) is 6.27. The Morgan fingerprint density at radius 1 is 0.920 bits per heavy atom. The maximum atomic E-state index is 6.25. The summed E-state index contributed by atoms with van der Waals surface area (Å²) in [4.78, 5) is 0. The number of epoxide rings is 1. The fourth-order valence-electron chi connectivity index (χ4n) is 7.92. The van der Waals surface area contributed by atoms with E-state index in [0.29, 0.717) is 23.4 Å². The summed E-state index contributed by atoms with van der Waals surface area (Å²) in [5, 5.41) is 0. The van der Waals surface area contributed by atoms with Crippen molar-refractivity contribution in [2.24, 2.45) is 28.1 Å². The van der Waals surface area contributed by atoms with E-state index in [1.807, 2.05) is 0 Å². The molecule has 140 valence electrons. The second-order valence-electron chi connectivity index (χ2n) is 10.7. The van der Waals surface area contributed by atoms with Gasteiger partial charge in [-0.05, 0) is 60.8 Å². The molecule has 3 nitrogen and oxygen atoms in total. The van der Waals surface area contributed by atoms with Gasteiger partial charge in [0, 0.05) is 11.8 Å². The van der Waals surface area contributed by atoms with Gasteiger partial charge in [-0.3, -0.25) is 0 Å². The van der Waals surface area contributed by atoms with E-state index in [0.717, 1.165) is 19.6 Å². The summed E-state index contributed by atoms with van der Waals surface area (Å²) in [5.41, 5.74) is 1.90. The van der Waals surface area contributed by atoms with Gasteiger partial charge in [0.1, 0.15) is 5.60 Å². The Morgan fingerprint density at radius 3 is 2.28 bits per heavy atom. The number of fused-ring (bicyclic) bond motifs is 4. The predicted molar refractivity (Wildman–Crippen MR) is 97.1 cm³/mol. The lowest BCUT2D eigenvalue weighted by atomic mass is 9.39. The molecule has 1 spiro atoms. The highest BCUT2D eigenvalue weighted by molar-refractivity contribution is 5.36. The first-order chi connectivity index (χ1) is 11.6. The average molecular weight is 347 g/mol. The van der Waals surface area contributed by atoms with Crippen LogP contribution in [0, 0.1) is 28.1 Å². The van der Waals surface area contributed by atoms with Crippen molar-refractivity contribution < 1.29 is 14.2 Å². The monoisotopic (exact) mass is 346 g/mol. The Kier molecular flexibility index (Phi) is 3.04. The predicted octanol–water partition coefficient (Wildman–Crippen LogP) is 4.71. The van der Waals surface area contributed by atoms with Crippen molar-refractivity contribution in [2.45, 2.75) is 84.2 Å². The lowest BCUT2D eigenvalue weighted by Crippen LogP contribution is -2.65. The first-order valence-electron chi connectivity index (χ1n) is 10.3. The normalized spacial score (nSPS) is 55.4. The molecule has 5 rings (SSSR count). The molecule has 3 saturated carbocycles. The second kappa shape index (κ2) is 4.54. The van der Waals surface area contributed by atoms with E-state index < -0.39 is 0 Å². The van der Waals surface area contributed by atoms with E-state index in [9.17, 15) is 0 Å². The molecule has 0 bridgehead atoms. The van der Waals surface area contributed by atoms with Crippen LogP contribution in [0.4, 0.5) is 0 Å². The van der Waals surface area contributed by atoms with Gasteiger partial charge < -0.3 is 14.2 Å². The largest absolute Gasteiger partial charge is 0.362 e. The third kappa shape index (κ3) is 1.74. The fourth-order valence-corrected chi connectivity index (χ4v) is 7.92. The molecular formula is C22H34O3. The third-order valence-electron chi connectivity index (χ3n) is 9.60. The van der Waals surface area contributed by atoms with Crippen molar-refractivity contribution in [1.82, 2.24) is 0 Å². The van der Waals surface area contributed by atoms with E-state index >= 15 is 0 Å². The quantitative estimate of drug-likeness (QED) is 0.470. The molecule has 0 aromatic rings. The van der Waals surface area contributed by atoms with Crippen molar-refractivity contribution in [3.05, 3.63) is 12.2 Å². The number of ether oxygens (including phenoxy) is 3. The minimum absolute atomic E-state index is 0.0441. The Labute approximate surface area is 152 Å². The van der Waals surface area contributed by atoms with Crippen LogP contribution in [0.25, 0.3) is 0 Å². The van der Waals surface area contributed by atoms with Crippen LogP contribution >= 0.6 is 0 Å². The molecular weight excluding hydrogens is 312 g/mol. The molecule has 3 heteroatoms. The van der Waals surface area contributed by atoms with Gasteiger partial charge in [0.05, 0.1) is 19.3 Å². The molecule has 6 atom stereocenters. The Bertz CT molecular complexity index is 633. The van der Waals surface area contributed by atoms with E-state index in [-0.39, 0.29) is 22.2 Å². The highest BCUT2D eigenvalue weighted by Gasteiger charge is 2.72. The van der Waals surface area contributed by atoms with Gasteiger partial charge in [0.25, 0.3) is 0 Å². The SMILES string of the molecule is C=C1[C@]2(C)O[C@@H]2C[C@H]2[C@]3(C)CCC4(OCCO4)C(C)(C)[C@H]3CC[C@]12C. The van der Waals surface area contributed by atoms with Crippen molar-refractivity contribution in [1.29, 1.82) is 0 Å². The van der Waals surface area contributed by atoms with Crippen LogP contribution in [0.1, 0.15) is 66.7 Å². The number of rotatable bonds is 0. The molecule has 3 aliphatic carbocycles. The molecule has 5 fully saturated rings. The first kappa shape index (κ1) is 16.8. The second-order valence-corrected chi connectivity index (χ2v) is 10.7. The zero-order valence-electron chi connectivity index (χ0n) is 16.6. The van der Waals surface area contributed by atoms with Crippen LogP contribution < -0.4 is 0 Å². The lowest BCUT2D eigenvalue weighted by molar-refractivity contribution is -0.301. The molecule has 5 aliphatic rings. The summed E-state index contributed by atoms with van der Waals surface area (Å²) in [7, 11) is 0. The molecule has 2 aliphatic heterocycles. The van der Waals surface area contributed by atoms with Crippen molar-refractivity contribution in [3.63, 3.8) is 0 Å². The Hall–Kier alpha value is -0.380. The van der Waals surface area contributed by atoms with Crippen LogP contribution in [0.5, 0.6) is 0 Å². The van der Waals surface area contributed by atoms with Crippen molar-refractivity contribution in [2.75, 3.05) is 13.2 Å². The van der Waals surface area contributed by atoms with E-state index in [1.165, 1.54) is 31.3 Å². The van der Waals surface area contributed by atoms with Gasteiger partial charge in [0.2, 0.25) is 0 Å². The Balaban J connectivity index is 1.55. The summed E-state index contributed by atoms with van der Waals surface area (Å²) < 4.78 is 18.7. The molecule has 0 aromatic carbocycles. The smallest absolute Gasteiger partial charge is 0.173 e. The molecule has 0 radical (unpaired) electrons. The Morgan fingerprint density at radius 2 is 1.60 bits per heavy atom. The van der Waals surface area contributed by atoms with Gasteiger partial charge in [-0.25, -0.2) is 0 Å². The van der Waals surface area contributed by atoms with Gasteiger partial charge >= 0.3 is 0 Å². The zero-order valence-corrected chi connectivity index (χ0v) is 16.6. The molecule has 0 amide bonds. The topological polar surface area (TPSA) is 31.0 Å². The van der Waals surface area contributed by atoms with Gasteiger partial charge in [-0.1, -0.05) is 34.3 Å². The maximum absolute atomic E-state index is 6.25. The van der Waals surface area contributed by atoms with Crippen LogP contribution in [-0.2, 0) is 14.2 Å². The van der Waals surface area contributed by atoms with Gasteiger partial charge in [-0.2, -0.15) is 0 Å². The summed E-state index contributed by atoms with van der Waals surface area (Å²) in [6, 6.07) is 0. The van der Waals surface area contributed by atoms with E-state index in [2.05, 4.69) is 41.2 Å². The molecule has 0 unspecified atom stereocenters. The minimum Gasteiger partial charge on any atom is -0.362 e. The number of hydrogen-bond donors (Lipinski definition) is 0. The fraction of sp³-hybridized carbons (Fsp3) is 0.909. The molecule has 2 heterocycles. The van der Waals surface area contributed by atoms with Crippen LogP contribution in [0.2, 0.25) is 0 Å². The van der Waals surface area contributed by atoms with Crippen molar-refractivity contribution in [3.8, 4) is 0 Å². The zero-order chi connectivity index (χ0) is 17.9. The minimum atomic E-state index is -0.360. The van der Waals surface area contributed by atoms with Crippen molar-refractivity contribution >= 4 is 0 Å². The van der Waals surface area contributed by atoms with E-state index in [4.69, 9.17) is 14.2 Å². The lowest BCUT2D eigenvalue weighted by Gasteiger charge is -2.67. The highest BCUT2D eigenvalue weighted by atomic mass is 16.7. The first-order valence-corrected chi connectivity index (χ1v) is 10.3. The van der Waals surface area contributed by atoms with Gasteiger partial charge in [-0.15, -0.1) is 0 Å². The third-order valence-corrected chi connectivity index (χ3v) is 9.60. The summed E-state index contributed by atoms with van der Waals surface area (Å²) in [5.74, 6) is 0.923. The highest BCUT2D eigenvalue weighted by Crippen LogP contribution is 2.74. The van der Waals surface area contributed by atoms with E-state index in [1.54, 1.807) is 0 Å². The summed E-state index contributed by atoms with van der Waals surface area (Å²) in [6.45, 7) is 18.2. The number of hydrogen-bond acceptors (Lipinski definition) is 3. The van der Waals surface area contributed by atoms with Gasteiger partial charge in [0.15, 0.2) is 5.79 Å². The van der Waals surface area contributed by atoms with Crippen LogP contribution in [-0.4, -0.2) is 30.7 Å². The molecule has 2 saturated heterocycles. The molecule has 0 N–H and O–H groups in total.